The van der Waals surface area contributed by atoms with E-state index < -0.39 is 11.6 Å². The molecule has 0 amide bonds. The predicted molar refractivity (Wildman–Crippen MR) is 45.0 cm³/mol. The number of hydrogen-bond acceptors (Lipinski definition) is 4. The first-order chi connectivity index (χ1) is 5.10. The van der Waals surface area contributed by atoms with Crippen molar-refractivity contribution in [3.8, 4) is 0 Å². The minimum absolute atomic E-state index is 0. The second kappa shape index (κ2) is 6.62. The van der Waals surface area contributed by atoms with Crippen LogP contribution < -0.4 is 0 Å². The molecule has 0 bridgehead atoms. The zero-order valence-corrected chi connectivity index (χ0v) is 9.83. The van der Waals surface area contributed by atoms with Crippen molar-refractivity contribution in [1.82, 2.24) is 0 Å². The predicted octanol–water partition coefficient (Wildman–Crippen LogP) is 0.255. The van der Waals surface area contributed by atoms with Crippen molar-refractivity contribution in [2.45, 2.75) is 12.7 Å². The molecule has 0 fully saturated rings. The number of aliphatic hydroxyl groups excluding tert-OH is 1. The number of hydrogen-bond donors (Lipinski definition) is 1. The Morgan fingerprint density at radius 3 is 2.08 bits per heavy atom. The summed E-state index contributed by atoms with van der Waals surface area (Å²) in [5.41, 5.74) is 0. The van der Waals surface area contributed by atoms with Crippen LogP contribution in [0.5, 0.6) is 0 Å². The summed E-state index contributed by atoms with van der Waals surface area (Å²) in [6.45, 7) is 1.47. The summed E-state index contributed by atoms with van der Waals surface area (Å²) in [5, 5.41) is 8.28. The summed E-state index contributed by atoms with van der Waals surface area (Å²) in [7, 11) is 2.71. The van der Waals surface area contributed by atoms with Gasteiger partial charge in [0.05, 0.1) is 6.26 Å². The third-order valence-corrected chi connectivity index (χ3v) is 1.45. The summed E-state index contributed by atoms with van der Waals surface area (Å²) < 4.78 is 9.53. The molecule has 0 aliphatic carbocycles. The first kappa shape index (κ1) is 14.6. The van der Waals surface area contributed by atoms with Crippen molar-refractivity contribution in [3.05, 3.63) is 12.3 Å². The number of carbonyl (C=O) groups is 1. The molecule has 0 saturated heterocycles. The summed E-state index contributed by atoms with van der Waals surface area (Å²) in [6, 6.07) is 0. The Kier molecular flexibility index (Phi) is 8.08. The van der Waals surface area contributed by atoms with Crippen LogP contribution in [-0.2, 0) is 14.3 Å². The smallest absolute Gasteiger partial charge is 0.229 e. The van der Waals surface area contributed by atoms with E-state index in [9.17, 15) is 4.79 Å². The fourth-order valence-electron chi connectivity index (χ4n) is 0.504. The van der Waals surface area contributed by atoms with Gasteiger partial charge in [-0.25, -0.2) is 0 Å². The molecule has 0 rings (SSSR count). The van der Waals surface area contributed by atoms with Gasteiger partial charge in [0.2, 0.25) is 11.6 Å². The van der Waals surface area contributed by atoms with Gasteiger partial charge >= 0.3 is 0 Å². The van der Waals surface area contributed by atoms with Gasteiger partial charge in [-0.3, -0.25) is 4.79 Å². The molecule has 5 heteroatoms. The monoisotopic (exact) mass is 183 g/mol. The van der Waals surface area contributed by atoms with Crippen LogP contribution in [0.4, 0.5) is 0 Å². The molecule has 0 aliphatic rings. The average molecular weight is 183 g/mol. The third kappa shape index (κ3) is 3.69. The first-order valence-corrected chi connectivity index (χ1v) is 3.06. The van der Waals surface area contributed by atoms with Crippen LogP contribution in [0.25, 0.3) is 0 Å². The van der Waals surface area contributed by atoms with E-state index in [0.29, 0.717) is 6.26 Å². The molecule has 0 aromatic rings. The number of rotatable bonds is 4. The molecular weight excluding hydrogens is 171 g/mol. The Labute approximate surface area is 93.8 Å². The standard InChI is InChI=1S/C7H12O4.Na/c1-7(10-2,11-3)6(9)4-5-8;/h4-5,8H,1-3H3;. The van der Waals surface area contributed by atoms with Crippen LogP contribution in [0.15, 0.2) is 12.3 Å². The van der Waals surface area contributed by atoms with E-state index in [1.54, 1.807) is 0 Å². The van der Waals surface area contributed by atoms with E-state index in [4.69, 9.17) is 14.6 Å². The fraction of sp³-hybridized carbons (Fsp3) is 0.571. The Morgan fingerprint density at radius 1 is 1.42 bits per heavy atom. The molecule has 0 unspecified atom stereocenters. The Bertz CT molecular complexity index is 163. The summed E-state index contributed by atoms with van der Waals surface area (Å²) in [4.78, 5) is 11.0. The van der Waals surface area contributed by atoms with Crippen LogP contribution in [0.3, 0.4) is 0 Å². The van der Waals surface area contributed by atoms with Gasteiger partial charge < -0.3 is 14.6 Å². The maximum absolute atomic E-state index is 11.0. The largest absolute Gasteiger partial charge is 0.515 e. The molecule has 0 atom stereocenters. The summed E-state index contributed by atoms with van der Waals surface area (Å²) in [6.07, 6.45) is 1.63. The fourth-order valence-corrected chi connectivity index (χ4v) is 0.504. The number of ketones is 1. The molecular formula is C7H12NaO4. The number of aliphatic hydroxyl groups is 1. The number of methoxy groups -OCH3 is 2. The maximum atomic E-state index is 11.0. The molecule has 0 saturated carbocycles. The van der Waals surface area contributed by atoms with Gasteiger partial charge in [-0.2, -0.15) is 0 Å². The minimum Gasteiger partial charge on any atom is -0.515 e. The molecule has 0 heterocycles. The Morgan fingerprint density at radius 2 is 1.83 bits per heavy atom. The van der Waals surface area contributed by atoms with Crippen molar-refractivity contribution < 1.29 is 19.4 Å². The zero-order valence-electron chi connectivity index (χ0n) is 7.83. The van der Waals surface area contributed by atoms with Crippen LogP contribution in [0.1, 0.15) is 6.92 Å². The summed E-state index contributed by atoms with van der Waals surface area (Å²) in [5.74, 6) is -1.73. The second-order valence-corrected chi connectivity index (χ2v) is 2.03. The van der Waals surface area contributed by atoms with Crippen molar-refractivity contribution in [1.29, 1.82) is 0 Å². The van der Waals surface area contributed by atoms with Gasteiger partial charge in [0, 0.05) is 49.9 Å². The van der Waals surface area contributed by atoms with Gasteiger partial charge in [-0.05, 0) is 6.92 Å². The van der Waals surface area contributed by atoms with E-state index >= 15 is 0 Å². The second-order valence-electron chi connectivity index (χ2n) is 2.03. The van der Waals surface area contributed by atoms with Gasteiger partial charge in [0.1, 0.15) is 0 Å². The van der Waals surface area contributed by atoms with Crippen LogP contribution in [0, 0.1) is 0 Å². The first-order valence-electron chi connectivity index (χ1n) is 3.06. The number of carbonyl (C=O) groups excluding carboxylic acids is 1. The van der Waals surface area contributed by atoms with Gasteiger partial charge in [-0.1, -0.05) is 0 Å². The van der Waals surface area contributed by atoms with Crippen LogP contribution >= 0.6 is 0 Å². The summed E-state index contributed by atoms with van der Waals surface area (Å²) >= 11 is 0. The maximum Gasteiger partial charge on any atom is 0.229 e. The van der Waals surface area contributed by atoms with Gasteiger partial charge in [-0.15, -0.1) is 0 Å². The topological polar surface area (TPSA) is 55.8 Å². The van der Waals surface area contributed by atoms with Crippen molar-refractivity contribution >= 4 is 35.3 Å². The van der Waals surface area contributed by atoms with Crippen LogP contribution in [-0.4, -0.2) is 60.5 Å². The molecule has 0 aromatic heterocycles. The molecule has 65 valence electrons. The quantitative estimate of drug-likeness (QED) is 0.294. The van der Waals surface area contributed by atoms with Crippen molar-refractivity contribution in [3.63, 3.8) is 0 Å². The SMILES string of the molecule is COC(C)(OC)C(=O)C=CO.[Na]. The normalized spacial score (nSPS) is 11.2. The van der Waals surface area contributed by atoms with E-state index in [-0.39, 0.29) is 29.6 Å². The van der Waals surface area contributed by atoms with E-state index in [2.05, 4.69) is 0 Å². The van der Waals surface area contributed by atoms with Crippen LogP contribution in [0.2, 0.25) is 0 Å². The average Bonchev–Trinajstić information content (AvgIpc) is 2.03. The van der Waals surface area contributed by atoms with Crippen molar-refractivity contribution in [2.24, 2.45) is 0 Å². The van der Waals surface area contributed by atoms with E-state index in [1.807, 2.05) is 0 Å². The molecule has 12 heavy (non-hydrogen) atoms. The number of ether oxygens (including phenoxy) is 2. The van der Waals surface area contributed by atoms with Crippen molar-refractivity contribution in [2.75, 3.05) is 14.2 Å². The third-order valence-electron chi connectivity index (χ3n) is 1.45. The Balaban J connectivity index is 0. The van der Waals surface area contributed by atoms with E-state index in [0.717, 1.165) is 6.08 Å². The minimum atomic E-state index is -1.29. The molecule has 0 aliphatic heterocycles. The molecule has 4 nitrogen and oxygen atoms in total. The zero-order chi connectivity index (χ0) is 8.91. The van der Waals surface area contributed by atoms with Gasteiger partial charge in [0.25, 0.3) is 0 Å². The van der Waals surface area contributed by atoms with Gasteiger partial charge in [0.15, 0.2) is 0 Å². The molecule has 1 N–H and O–H groups in total. The van der Waals surface area contributed by atoms with E-state index in [1.165, 1.54) is 21.1 Å². The molecule has 1 radical (unpaired) electrons. The molecule has 0 spiro atoms. The Hall–Kier alpha value is 0.130. The molecule has 0 aromatic carbocycles.